The van der Waals surface area contributed by atoms with Gasteiger partial charge in [0.2, 0.25) is 0 Å². The molecule has 0 fully saturated rings. The molecule has 92 valence electrons. The molecule has 0 aliphatic rings. The van der Waals surface area contributed by atoms with E-state index in [-0.39, 0.29) is 5.82 Å². The van der Waals surface area contributed by atoms with E-state index in [0.717, 1.165) is 6.42 Å². The van der Waals surface area contributed by atoms with Crippen LogP contribution in [0, 0.1) is 5.82 Å². The number of benzene rings is 1. The van der Waals surface area contributed by atoms with Gasteiger partial charge in [-0.25, -0.2) is 4.39 Å². The van der Waals surface area contributed by atoms with Gasteiger partial charge < -0.3 is 0 Å². The minimum atomic E-state index is -1.00. The molecule has 1 aromatic carbocycles. The van der Waals surface area contributed by atoms with E-state index < -0.39 is 7.15 Å². The number of rotatable bonds is 3. The van der Waals surface area contributed by atoms with Crippen molar-refractivity contribution in [3.63, 3.8) is 0 Å². The fourth-order valence-corrected chi connectivity index (χ4v) is 1.03. The van der Waals surface area contributed by atoms with Crippen molar-refractivity contribution in [2.45, 2.75) is 26.2 Å². The van der Waals surface area contributed by atoms with Crippen LogP contribution in [0.1, 0.15) is 26.7 Å². The van der Waals surface area contributed by atoms with Gasteiger partial charge in [0.15, 0.2) is 0 Å². The number of aryl methyl sites for hydroxylation is 1. The Morgan fingerprint density at radius 1 is 1.27 bits per heavy atom. The summed E-state index contributed by atoms with van der Waals surface area (Å²) in [5.74, 6) is -0.148. The summed E-state index contributed by atoms with van der Waals surface area (Å²) < 4.78 is 37.2. The van der Waals surface area contributed by atoms with Gasteiger partial charge in [-0.3, -0.25) is 4.39 Å². The van der Waals surface area contributed by atoms with Gasteiger partial charge in [-0.1, -0.05) is 25.5 Å². The maximum atomic E-state index is 12.4. The first-order chi connectivity index (χ1) is 7.74. The molecule has 0 saturated carbocycles. The molecule has 0 atom stereocenters. The number of hydrogen-bond donors (Lipinski definition) is 0. The topological polar surface area (TPSA) is 0 Å². The molecule has 0 radical (unpaired) electrons. The predicted octanol–water partition coefficient (Wildman–Crippen LogP) is 4.17. The molecule has 0 saturated heterocycles. The Kier molecular flexibility index (Phi) is 13.5. The van der Waals surface area contributed by atoms with Gasteiger partial charge >= 0.3 is 24.6 Å². The van der Waals surface area contributed by atoms with Crippen LogP contribution in [-0.4, -0.2) is 7.15 Å². The van der Waals surface area contributed by atoms with Crippen LogP contribution in [0.15, 0.2) is 24.3 Å². The maximum absolute atomic E-state index is 12.4. The molecule has 1 aromatic rings. The van der Waals surface area contributed by atoms with Gasteiger partial charge in [0.05, 0.1) is 8.52 Å². The Morgan fingerprint density at radius 2 is 1.73 bits per heavy atom. The van der Waals surface area contributed by atoms with E-state index in [1.165, 1.54) is 52.2 Å². The summed E-state index contributed by atoms with van der Waals surface area (Å²) in [5, 5.41) is 0. The fourth-order valence-electron chi connectivity index (χ4n) is 1.03. The zero-order valence-corrected chi connectivity index (χ0v) is 10.1. The van der Waals surface area contributed by atoms with E-state index in [1.54, 1.807) is 0 Å². The second kappa shape index (κ2) is 13.8. The zero-order chi connectivity index (χ0) is 12.8. The van der Waals surface area contributed by atoms with E-state index in [0.29, 0.717) is 0 Å². The third kappa shape index (κ3) is 10.0. The Labute approximate surface area is 104 Å². The van der Waals surface area contributed by atoms with Gasteiger partial charge in [0.1, 0.15) is 5.82 Å². The fraction of sp³-hybridized carbons (Fsp3) is 0.455. The Bertz CT molecular complexity index is 229. The number of unbranched alkanes of at least 4 members (excludes halogenated alkanes) is 1. The zero-order valence-electron chi connectivity index (χ0n) is 9.57. The van der Waals surface area contributed by atoms with Crippen molar-refractivity contribution in [3.05, 3.63) is 35.6 Å². The average molecular weight is 314 g/mol. The molecule has 0 aromatic heterocycles. The van der Waals surface area contributed by atoms with Gasteiger partial charge in [0.25, 0.3) is 0 Å². The van der Waals surface area contributed by atoms with E-state index in [2.05, 4.69) is 6.92 Å². The van der Waals surface area contributed by atoms with E-state index in [4.69, 9.17) is 1.37 Å². The molecule has 0 amide bonds. The second-order valence-corrected chi connectivity index (χ2v) is 2.73. The number of alkyl halides is 1. The monoisotopic (exact) mass is 313 g/mol. The summed E-state index contributed by atoms with van der Waals surface area (Å²) in [4.78, 5) is 0. The van der Waals surface area contributed by atoms with Crippen LogP contribution < -0.4 is 0 Å². The van der Waals surface area contributed by atoms with Crippen LogP contribution in [0.25, 0.3) is 0 Å². The first-order valence-electron chi connectivity index (χ1n) is 5.16. The molecule has 4 heteroatoms. The number of halogens is 3. The van der Waals surface area contributed by atoms with E-state index in [1.807, 2.05) is 12.1 Å². The van der Waals surface area contributed by atoms with Crippen LogP contribution in [0.2, 0.25) is 0 Å². The van der Waals surface area contributed by atoms with Crippen LogP contribution >= 0.6 is 0 Å². The second-order valence-electron chi connectivity index (χ2n) is 2.73. The van der Waals surface area contributed by atoms with E-state index >= 15 is 0 Å². The predicted molar refractivity (Wildman–Crippen MR) is 53.2 cm³/mol. The van der Waals surface area contributed by atoms with E-state index in [9.17, 15) is 11.8 Å². The van der Waals surface area contributed by atoms with Crippen LogP contribution in [0.3, 0.4) is 0 Å². The summed E-state index contributed by atoms with van der Waals surface area (Å²) in [6.07, 6.45) is 3.44. The van der Waals surface area contributed by atoms with Crippen molar-refractivity contribution in [1.29, 1.82) is 0 Å². The SMILES string of the molecule is CCCCc1ccc(F)cc1.[2H]CF.[F][Ag]. The summed E-state index contributed by atoms with van der Waals surface area (Å²) in [6.45, 7) is 2.16. The molecular formula is C11H16AgF3. The molecule has 0 aliphatic carbocycles. The molecule has 0 heterocycles. The van der Waals surface area contributed by atoms with Crippen molar-refractivity contribution >= 4 is 0 Å². The third-order valence-corrected chi connectivity index (χ3v) is 1.73. The van der Waals surface area contributed by atoms with Crippen LogP contribution in [-0.2, 0) is 28.0 Å². The first kappa shape index (κ1) is 14.8. The molecule has 0 nitrogen and oxygen atoms in total. The molecule has 1 rings (SSSR count). The van der Waals surface area contributed by atoms with Gasteiger partial charge in [-0.05, 0) is 30.5 Å². The molecule has 0 bridgehead atoms. The third-order valence-electron chi connectivity index (χ3n) is 1.73. The standard InChI is InChI=1S/C10H13F.CH3F.Ag.FH/c1-2-3-4-9-5-7-10(11)8-6-9;1-2;;/h5-8H,2-4H2,1H3;1H3;;1H/q;;+1;/p-1/i;1D;;. The Morgan fingerprint density at radius 3 is 2.13 bits per heavy atom. The van der Waals surface area contributed by atoms with Crippen molar-refractivity contribution < 1.29 is 34.8 Å². The van der Waals surface area contributed by atoms with Crippen molar-refractivity contribution in [3.8, 4) is 0 Å². The molecule has 0 unspecified atom stereocenters. The van der Waals surface area contributed by atoms with Crippen molar-refractivity contribution in [2.24, 2.45) is 0 Å². The van der Waals surface area contributed by atoms with Crippen LogP contribution in [0.4, 0.5) is 11.8 Å². The summed E-state index contributed by atoms with van der Waals surface area (Å²) in [5.41, 5.74) is 1.23. The summed E-state index contributed by atoms with van der Waals surface area (Å²) in [7, 11) is -1.00. The first-order valence-corrected chi connectivity index (χ1v) is 5.01. The van der Waals surface area contributed by atoms with Crippen molar-refractivity contribution in [2.75, 3.05) is 7.15 Å². The molecule has 0 spiro atoms. The van der Waals surface area contributed by atoms with Gasteiger partial charge in [-0.15, -0.1) is 0 Å². The molecule has 0 N–H and O–H groups in total. The number of hydrogen-bond acceptors (Lipinski definition) is 0. The van der Waals surface area contributed by atoms with Crippen LogP contribution in [0.5, 0.6) is 0 Å². The van der Waals surface area contributed by atoms with Gasteiger partial charge in [0, 0.05) is 0 Å². The summed E-state index contributed by atoms with van der Waals surface area (Å²) >= 11 is 1.45. The molecule has 0 aliphatic heterocycles. The quantitative estimate of drug-likeness (QED) is 0.735. The summed E-state index contributed by atoms with van der Waals surface area (Å²) in [6, 6.07) is 6.74. The van der Waals surface area contributed by atoms with Gasteiger partial charge in [-0.2, -0.15) is 0 Å². The Balaban J connectivity index is 0. The average Bonchev–Trinajstić information content (AvgIpc) is 2.32. The Hall–Kier alpha value is -0.250. The minimum absolute atomic E-state index is 0.148. The van der Waals surface area contributed by atoms with Crippen molar-refractivity contribution in [1.82, 2.24) is 0 Å². The normalized spacial score (nSPS) is 9.07. The molecular weight excluding hydrogens is 297 g/mol. The molecule has 15 heavy (non-hydrogen) atoms.